The molecular weight excluding hydrogens is 219 g/mol. The number of hydrogen-bond acceptors (Lipinski definition) is 3. The molecule has 1 aliphatic rings. The highest BCUT2D eigenvalue weighted by Crippen LogP contribution is 2.52. The first kappa shape index (κ1) is 14.4. The van der Waals surface area contributed by atoms with Gasteiger partial charge in [0, 0.05) is 24.7 Å². The molecule has 1 rings (SSSR count). The van der Waals surface area contributed by atoms with Gasteiger partial charge in [-0.2, -0.15) is 0 Å². The van der Waals surface area contributed by atoms with Gasteiger partial charge in [-0.25, -0.2) is 9.34 Å². The van der Waals surface area contributed by atoms with Crippen molar-refractivity contribution >= 4 is 8.45 Å². The van der Waals surface area contributed by atoms with E-state index in [0.29, 0.717) is 18.1 Å². The number of nitrogens with zero attached hydrogens (tertiary/aromatic N) is 2. The van der Waals surface area contributed by atoms with E-state index in [1.807, 2.05) is 0 Å². The largest absolute Gasteiger partial charge is 0.332 e. The Balaban J connectivity index is 2.82. The zero-order chi connectivity index (χ0) is 12.3. The third-order valence-electron chi connectivity index (χ3n) is 3.01. The highest BCUT2D eigenvalue weighted by molar-refractivity contribution is 7.47. The van der Waals surface area contributed by atoms with Crippen molar-refractivity contribution in [3.8, 4) is 0 Å². The highest BCUT2D eigenvalue weighted by atomic mass is 31.2. The van der Waals surface area contributed by atoms with Gasteiger partial charge in [0.25, 0.3) is 0 Å². The minimum Gasteiger partial charge on any atom is -0.332 e. The standard InChI is InChI=1S/C12H27N2OP/c1-7-15-16-13(10(2)3)9-8-12(6)14(16)11(4)5/h10-12H,7-9H2,1-6H3. The molecule has 1 fully saturated rings. The summed E-state index contributed by atoms with van der Waals surface area (Å²) in [5.41, 5.74) is 0. The summed E-state index contributed by atoms with van der Waals surface area (Å²) in [6.07, 6.45) is 1.25. The zero-order valence-electron chi connectivity index (χ0n) is 11.6. The van der Waals surface area contributed by atoms with E-state index in [9.17, 15) is 0 Å². The van der Waals surface area contributed by atoms with Crippen LogP contribution in [0.1, 0.15) is 48.0 Å². The second-order valence-corrected chi connectivity index (χ2v) is 6.78. The smallest absolute Gasteiger partial charge is 0.188 e. The van der Waals surface area contributed by atoms with Crippen molar-refractivity contribution in [2.45, 2.75) is 66.1 Å². The van der Waals surface area contributed by atoms with E-state index in [2.05, 4.69) is 50.9 Å². The van der Waals surface area contributed by atoms with E-state index < -0.39 is 8.45 Å². The maximum Gasteiger partial charge on any atom is 0.188 e. The molecule has 0 aliphatic carbocycles. The lowest BCUT2D eigenvalue weighted by Gasteiger charge is -2.49. The Morgan fingerprint density at radius 3 is 2.31 bits per heavy atom. The fraction of sp³-hybridized carbons (Fsp3) is 1.00. The van der Waals surface area contributed by atoms with Crippen molar-refractivity contribution in [1.82, 2.24) is 9.34 Å². The normalized spacial score (nSPS) is 29.2. The molecule has 0 amide bonds. The first-order valence-electron chi connectivity index (χ1n) is 6.46. The molecule has 0 aromatic heterocycles. The van der Waals surface area contributed by atoms with Crippen LogP contribution in [0.15, 0.2) is 0 Å². The maximum absolute atomic E-state index is 6.02. The summed E-state index contributed by atoms with van der Waals surface area (Å²) >= 11 is 0. The summed E-state index contributed by atoms with van der Waals surface area (Å²) in [6.45, 7) is 15.5. The molecule has 3 nitrogen and oxygen atoms in total. The van der Waals surface area contributed by atoms with Crippen LogP contribution in [-0.2, 0) is 4.52 Å². The van der Waals surface area contributed by atoms with Gasteiger partial charge >= 0.3 is 0 Å². The van der Waals surface area contributed by atoms with Crippen LogP contribution in [0.5, 0.6) is 0 Å². The summed E-state index contributed by atoms with van der Waals surface area (Å²) in [7, 11) is -0.550. The summed E-state index contributed by atoms with van der Waals surface area (Å²) in [5.74, 6) is 0. The van der Waals surface area contributed by atoms with Crippen LogP contribution in [0.3, 0.4) is 0 Å². The van der Waals surface area contributed by atoms with Gasteiger partial charge in [-0.15, -0.1) is 0 Å². The third-order valence-corrected chi connectivity index (χ3v) is 5.86. The molecule has 96 valence electrons. The van der Waals surface area contributed by atoms with Crippen LogP contribution in [0.4, 0.5) is 0 Å². The minimum absolute atomic E-state index is 0.550. The van der Waals surface area contributed by atoms with Crippen LogP contribution in [0, 0.1) is 0 Å². The van der Waals surface area contributed by atoms with Gasteiger partial charge in [0.2, 0.25) is 0 Å². The van der Waals surface area contributed by atoms with Gasteiger partial charge in [0.15, 0.2) is 8.45 Å². The van der Waals surface area contributed by atoms with Gasteiger partial charge in [-0.3, -0.25) is 0 Å². The Morgan fingerprint density at radius 1 is 1.25 bits per heavy atom. The van der Waals surface area contributed by atoms with Crippen molar-refractivity contribution in [2.24, 2.45) is 0 Å². The van der Waals surface area contributed by atoms with Gasteiger partial charge in [-0.1, -0.05) is 0 Å². The van der Waals surface area contributed by atoms with E-state index in [4.69, 9.17) is 4.52 Å². The molecule has 0 bridgehead atoms. The number of hydrogen-bond donors (Lipinski definition) is 0. The molecule has 0 spiro atoms. The summed E-state index contributed by atoms with van der Waals surface area (Å²) in [4.78, 5) is 0. The molecule has 0 radical (unpaired) electrons. The molecule has 0 aromatic carbocycles. The van der Waals surface area contributed by atoms with E-state index in [0.717, 1.165) is 6.61 Å². The van der Waals surface area contributed by atoms with Crippen molar-refractivity contribution in [1.29, 1.82) is 0 Å². The first-order valence-corrected chi connectivity index (χ1v) is 7.63. The fourth-order valence-corrected chi connectivity index (χ4v) is 4.56. The van der Waals surface area contributed by atoms with Crippen LogP contribution in [-0.4, -0.2) is 40.6 Å². The molecule has 0 aromatic rings. The van der Waals surface area contributed by atoms with Gasteiger partial charge in [0.1, 0.15) is 0 Å². The highest BCUT2D eigenvalue weighted by Gasteiger charge is 2.37. The van der Waals surface area contributed by atoms with Gasteiger partial charge in [0.05, 0.1) is 6.61 Å². The van der Waals surface area contributed by atoms with Crippen LogP contribution in [0.25, 0.3) is 0 Å². The Bertz CT molecular complexity index is 211. The third kappa shape index (κ3) is 3.16. The molecule has 0 N–H and O–H groups in total. The lowest BCUT2D eigenvalue weighted by atomic mass is 10.2. The predicted molar refractivity (Wildman–Crippen MR) is 71.4 cm³/mol. The lowest BCUT2D eigenvalue weighted by molar-refractivity contribution is 0.157. The molecular formula is C12H27N2OP. The van der Waals surface area contributed by atoms with Crippen molar-refractivity contribution in [2.75, 3.05) is 13.2 Å². The molecule has 2 unspecified atom stereocenters. The van der Waals surface area contributed by atoms with E-state index >= 15 is 0 Å². The second kappa shape index (κ2) is 6.30. The predicted octanol–water partition coefficient (Wildman–Crippen LogP) is 3.46. The average Bonchev–Trinajstić information content (AvgIpc) is 2.17. The molecule has 2 atom stereocenters. The average molecular weight is 246 g/mol. The molecule has 4 heteroatoms. The van der Waals surface area contributed by atoms with Crippen molar-refractivity contribution < 1.29 is 4.52 Å². The molecule has 1 saturated heterocycles. The first-order chi connectivity index (χ1) is 7.49. The van der Waals surface area contributed by atoms with Gasteiger partial charge in [-0.05, 0) is 48.0 Å². The molecule has 16 heavy (non-hydrogen) atoms. The van der Waals surface area contributed by atoms with Crippen LogP contribution >= 0.6 is 8.45 Å². The Kier molecular flexibility index (Phi) is 5.66. The molecule has 1 aliphatic heterocycles. The van der Waals surface area contributed by atoms with E-state index in [-0.39, 0.29) is 0 Å². The fourth-order valence-electron chi connectivity index (χ4n) is 2.26. The summed E-state index contributed by atoms with van der Waals surface area (Å²) in [6, 6.07) is 1.79. The quantitative estimate of drug-likeness (QED) is 0.706. The van der Waals surface area contributed by atoms with Gasteiger partial charge < -0.3 is 4.52 Å². The maximum atomic E-state index is 6.02. The van der Waals surface area contributed by atoms with E-state index in [1.54, 1.807) is 0 Å². The lowest BCUT2D eigenvalue weighted by Crippen LogP contribution is -2.47. The SMILES string of the molecule is CCOP1N(C(C)C)CCC(C)N1C(C)C. The topological polar surface area (TPSA) is 15.7 Å². The Labute approximate surface area is 102 Å². The molecule has 0 saturated carbocycles. The van der Waals surface area contributed by atoms with Crippen LogP contribution < -0.4 is 0 Å². The summed E-state index contributed by atoms with van der Waals surface area (Å²) in [5, 5.41) is 0. The zero-order valence-corrected chi connectivity index (χ0v) is 12.5. The Morgan fingerprint density at radius 2 is 1.88 bits per heavy atom. The van der Waals surface area contributed by atoms with Crippen molar-refractivity contribution in [3.63, 3.8) is 0 Å². The van der Waals surface area contributed by atoms with Crippen LogP contribution in [0.2, 0.25) is 0 Å². The second-order valence-electron chi connectivity index (χ2n) is 5.04. The number of rotatable bonds is 4. The Hall–Kier alpha value is 0.310. The van der Waals surface area contributed by atoms with E-state index in [1.165, 1.54) is 13.0 Å². The molecule has 1 heterocycles. The summed E-state index contributed by atoms with van der Waals surface area (Å²) < 4.78 is 11.1. The minimum atomic E-state index is -0.550. The van der Waals surface area contributed by atoms with Crippen molar-refractivity contribution in [3.05, 3.63) is 0 Å². The monoisotopic (exact) mass is 246 g/mol.